The number of phenols is 3. The van der Waals surface area contributed by atoms with Gasteiger partial charge in [0, 0.05) is 210 Å². The van der Waals surface area contributed by atoms with Crippen molar-refractivity contribution in [1.29, 1.82) is 0 Å². The average Bonchev–Trinajstić information content (AvgIpc) is 1.65. The normalized spacial score (nSPS) is 11.7. The van der Waals surface area contributed by atoms with Crippen LogP contribution < -0.4 is 15.9 Å². The quantitative estimate of drug-likeness (QED) is 0.00597. The third-order valence-electron chi connectivity index (χ3n) is 18.3. The standard InChI is InChI=1S/C18H15P.C17H16Cl2N2O3.C15H11Cl2NO2.C14H9Cl2NO3.C8H8ClNO2.C7H6ClNO3.C7H5ClO2.C7H19NOSi.2CH3I.CH4.I2.5HI.3V/c1-4-10-16(11-5-1)19(17-12-6-2-7-13-17)18-14-8-3-9-15-18;1-20-8-14(12-7-11(21(23)24)3-4-16(12)19)15(9-20)13-6-10(18)2-5-17(13)22;1-10-2-5-13(16)8-11(10)3-4-12-9-14(18(19)20)6-7-15(12)17;15-11-3-6-14(18)10(7-11)2-1-9-8-12(17(19)20)4-5-13(9)16;1-2-6-5-7(10(11)12)3-4-8(6)9;8-7-2-1-6(9(11)12)3-5(7)4-10;8-6-1-2-7(10)5(3-6)4-9;1-8(6-9-2)7-10(3,4)5;2*1-2;;1-2;;;;;;;;/h1-15H;2-7,14-15,22H,8-9H2,1H3;2-9H,1H3;1-8,18H;3-5H,2H2,1H3;1-3,10H,4H2;1-4,10H;6-7H2,1-5H3;2*1H3;1H4;;5*1H;;;/q;;;;;;;;;;;;;;;;;;+2;+3/p-5/b;;4-3+;2-1+;;;;;;;;;;;;;;;;/t;14-,15-;;;;;;;;;;;;;;;;;;/m.0................../s1. The Morgan fingerprint density at radius 1 is 0.465 bits per heavy atom. The number of alkyl halides is 2. The predicted molar refractivity (Wildman–Crippen MR) is 665 cm³/mol. The van der Waals surface area contributed by atoms with Gasteiger partial charge in [0.1, 0.15) is 17.2 Å². The number of aliphatic hydroxyl groups is 1. The number of nitro groups is 5. The van der Waals surface area contributed by atoms with Gasteiger partial charge in [0.05, 0.1) is 51.6 Å². The number of carbonyl (C=O) groups is 1. The largest absolute Gasteiger partial charge is 0.0622 e. The van der Waals surface area contributed by atoms with Crippen LogP contribution in [-0.4, -0.2) is 126 Å². The van der Waals surface area contributed by atoms with E-state index in [4.69, 9.17) is 119 Å². The number of aryl methyl sites for hydroxylation is 2. The molecule has 0 saturated carbocycles. The molecule has 0 unspecified atom stereocenters. The SMILES string of the molecule is C.CCc1cc([N+](=O)[O-])ccc1Cl.CI.CI.CN1C[C@@H](c2cc(Cl)ccc2O)[C@H](c2cc([N+](=O)[O-])ccc2Cl)C1.COCN(C)C[Si](C)(C)C.Cc1ccc(Cl)cc1/C=C/c1cc([N+](=O)[O-])ccc1Cl.II.O=Cc1cc(Cl)ccc1O.O=[N+]([O-])c1ccc(Cl)c(/C=C/c2cc(Cl)ccc2O)c1.O=[N+]([O-])c1ccc(Cl)c(CO)c1.[I][V]([I])[I].[I][V][I].[V].c1ccc(P(c2ccccc2)c2ccccc2)cc1. The number of phenolic OH excluding ortho intramolecular Hbond substituents is 3. The summed E-state index contributed by atoms with van der Waals surface area (Å²) in [5.41, 5.74) is 6.44. The Hall–Kier alpha value is -2.39. The summed E-state index contributed by atoms with van der Waals surface area (Å²) in [5, 5.41) is 99.3. The summed E-state index contributed by atoms with van der Waals surface area (Å²) in [6.07, 6.45) is 9.23. The van der Waals surface area contributed by atoms with Crippen LogP contribution in [0.2, 0.25) is 64.8 Å². The molecule has 0 spiro atoms. The van der Waals surface area contributed by atoms with E-state index in [9.17, 15) is 65.6 Å². The first kappa shape index (κ1) is 142. The number of likely N-dealkylation sites (tertiary alicyclic amines) is 1. The van der Waals surface area contributed by atoms with Crippen LogP contribution in [0.1, 0.15) is 86.6 Å². The van der Waals surface area contributed by atoms with E-state index in [1.807, 2.05) is 55.0 Å². The van der Waals surface area contributed by atoms with Crippen LogP contribution in [0.15, 0.2) is 255 Å². The van der Waals surface area contributed by atoms with Gasteiger partial charge in [-0.3, -0.25) is 60.3 Å². The maximum atomic E-state index is 11.1. The number of aromatic hydroxyl groups is 3. The summed E-state index contributed by atoms with van der Waals surface area (Å²) in [6.45, 7) is 12.8. The molecule has 142 heavy (non-hydrogen) atoms. The third kappa shape index (κ3) is 55.8. The fourth-order valence-corrected chi connectivity index (χ4v) is 18.1. The number of aldehydes is 1. The van der Waals surface area contributed by atoms with Crippen LogP contribution >= 0.6 is 295 Å². The van der Waals surface area contributed by atoms with Crippen molar-refractivity contribution in [3.8, 4) is 17.2 Å². The number of likely N-dealkylation sites (N-methyl/N-ethyl adjacent to an activating group) is 1. The molecule has 1 aliphatic rings. The molecule has 0 amide bonds. The molecule has 0 aliphatic carbocycles. The van der Waals surface area contributed by atoms with E-state index in [0.717, 1.165) is 34.5 Å². The number of carbonyl (C=O) groups excluding carboxylic acids is 1. The van der Waals surface area contributed by atoms with Gasteiger partial charge in [0.15, 0.2) is 6.29 Å². The van der Waals surface area contributed by atoms with Gasteiger partial charge in [-0.1, -0.05) is 305 Å². The topological polar surface area (TPSA) is 329 Å². The minimum Gasteiger partial charge on any atom is -0.0622 e. The molecule has 1 aliphatic heterocycles. The minimum absolute atomic E-state index is 0. The molecule has 0 aromatic heterocycles. The van der Waals surface area contributed by atoms with Crippen molar-refractivity contribution in [2.45, 2.75) is 65.8 Å². The van der Waals surface area contributed by atoms with Gasteiger partial charge in [-0.15, -0.1) is 0 Å². The summed E-state index contributed by atoms with van der Waals surface area (Å²) in [4.78, 5) is 69.0. The predicted octanol–water partition coefficient (Wildman–Crippen LogP) is 34.8. The number of hydrogen-bond donors (Lipinski definition) is 4. The first-order chi connectivity index (χ1) is 66.4. The van der Waals surface area contributed by atoms with Crippen molar-refractivity contribution in [1.82, 2.24) is 9.80 Å². The number of ether oxygens (including phenoxy) is 1. The molecule has 1 fully saturated rings. The van der Waals surface area contributed by atoms with Crippen LogP contribution in [-0.2, 0) is 50.7 Å². The van der Waals surface area contributed by atoms with Crippen molar-refractivity contribution >= 4 is 378 Å². The average molecular weight is 3280 g/mol. The van der Waals surface area contributed by atoms with E-state index in [1.165, 1.54) is 125 Å². The molecular weight excluding hydrogens is 3180 g/mol. The van der Waals surface area contributed by atoms with Crippen molar-refractivity contribution < 1.29 is 87.5 Å². The number of nitro benzene ring substituents is 5. The van der Waals surface area contributed by atoms with Crippen LogP contribution in [0, 0.1) is 57.5 Å². The van der Waals surface area contributed by atoms with Gasteiger partial charge in [0.25, 0.3) is 28.4 Å². The second-order valence-corrected chi connectivity index (χ2v) is 88.0. The second-order valence-electron chi connectivity index (χ2n) is 29.4. The van der Waals surface area contributed by atoms with Crippen molar-refractivity contribution in [2.75, 3.05) is 57.1 Å². The first-order valence-corrected chi connectivity index (χ1v) is 81.7. The summed E-state index contributed by atoms with van der Waals surface area (Å²) < 4.78 is 5.00. The molecule has 1 saturated heterocycles. The summed E-state index contributed by atoms with van der Waals surface area (Å²) in [7, 11) is 5.08. The maximum absolute atomic E-state index is 11.1. The Labute approximate surface area is 1010 Å². The van der Waals surface area contributed by atoms with Crippen LogP contribution in [0.25, 0.3) is 24.3 Å². The smallest absolute Gasteiger partial charge is 0 e. The Bertz CT molecular complexity index is 5660. The second kappa shape index (κ2) is 79.6. The maximum Gasteiger partial charge on any atom is 0 e. The molecule has 1 heterocycles. The fourth-order valence-electron chi connectivity index (χ4n) is 12.4. The zero-order valence-electron chi connectivity index (χ0n) is 76.4. The summed E-state index contributed by atoms with van der Waals surface area (Å²) in [5.74, 6) is 0.0813. The van der Waals surface area contributed by atoms with Crippen molar-refractivity contribution in [3.05, 3.63) is 406 Å². The zero-order valence-corrected chi connectivity index (χ0v) is 109. The molecule has 13 rings (SSSR count). The number of benzene rings is 12. The molecule has 23 nitrogen and oxygen atoms in total. The molecule has 0 bridgehead atoms. The minimum atomic E-state index is -0.912. The number of non-ortho nitro benzene ring substituents is 5. The first-order valence-electron chi connectivity index (χ1n) is 40.1. The van der Waals surface area contributed by atoms with Gasteiger partial charge < -0.3 is 30.1 Å². The Morgan fingerprint density at radius 2 is 0.775 bits per heavy atom. The monoisotopic (exact) mass is 3270 g/mol. The van der Waals surface area contributed by atoms with Gasteiger partial charge in [-0.25, -0.2) is 0 Å². The summed E-state index contributed by atoms with van der Waals surface area (Å²) in [6, 6.07) is 73.1. The van der Waals surface area contributed by atoms with E-state index >= 15 is 0 Å². The fraction of sp³-hybridized carbons (Fsp3) is 0.198. The van der Waals surface area contributed by atoms with E-state index in [2.05, 4.69) is 310 Å². The van der Waals surface area contributed by atoms with Gasteiger partial charge in [0.2, 0.25) is 0 Å². The molecule has 12 aromatic carbocycles. The van der Waals surface area contributed by atoms with E-state index in [1.54, 1.807) is 67.8 Å². The van der Waals surface area contributed by atoms with E-state index in [0.29, 0.717) is 103 Å². The molecule has 764 valence electrons. The van der Waals surface area contributed by atoms with E-state index in [-0.39, 0.29) is 101 Å². The molecule has 2 atom stereocenters. The Morgan fingerprint density at radius 3 is 1.14 bits per heavy atom. The number of aliphatic hydroxyl groups excluding tert-OH is 1. The number of hydrogen-bond acceptors (Lipinski definition) is 18. The zero-order chi connectivity index (χ0) is 106. The van der Waals surface area contributed by atoms with Crippen LogP contribution in [0.4, 0.5) is 28.4 Å². The van der Waals surface area contributed by atoms with Gasteiger partial charge in [-0.2, -0.15) is 0 Å². The number of nitrogens with zero attached hydrogens (tertiary/aromatic N) is 7. The molecule has 12 aromatic rings. The summed E-state index contributed by atoms with van der Waals surface area (Å²) >= 11 is 73.8. The van der Waals surface area contributed by atoms with E-state index < -0.39 is 40.6 Å². The van der Waals surface area contributed by atoms with Crippen molar-refractivity contribution in [3.63, 3.8) is 0 Å². The molecule has 4 N–H and O–H groups in total. The number of halogens is 18. The van der Waals surface area contributed by atoms with Crippen LogP contribution in [0.5, 0.6) is 17.2 Å². The van der Waals surface area contributed by atoms with Crippen molar-refractivity contribution in [2.24, 2.45) is 0 Å². The Kier molecular flexibility index (Phi) is 79.4. The number of methoxy groups -OCH3 is 1. The molecule has 1 radical (unpaired) electrons. The Balaban J connectivity index is 0. The molecular formula is C96H99Cl9I9N7O16PSiV3. The number of rotatable bonds is 21. The van der Waals surface area contributed by atoms with Gasteiger partial charge in [-0.05, 0) is 198 Å². The van der Waals surface area contributed by atoms with Crippen LogP contribution in [0.3, 0.4) is 0 Å². The van der Waals surface area contributed by atoms with Gasteiger partial charge >= 0.3 is 114 Å². The third-order valence-corrected chi connectivity index (χ3v) is 24.9. The molecule has 46 heteroatoms.